The van der Waals surface area contributed by atoms with Crippen molar-refractivity contribution in [3.05, 3.63) is 70.1 Å². The zero-order chi connectivity index (χ0) is 21.3. The van der Waals surface area contributed by atoms with Gasteiger partial charge in [-0.25, -0.2) is 14.8 Å². The standard InChI is InChI=1S/C22H21N3O3S2/c1-13-6-4-8-16(12-13)19-18(24-15(3)30-19)20(26)25-10-11-29-22(25)28-21(27)17-9-5-7-14(2)23-17/h4-9,12,22H,10-11H2,1-3H3. The fraction of sp³-hybridized carbons (Fsp3) is 0.273. The predicted octanol–water partition coefficient (Wildman–Crippen LogP) is 4.46. The number of aryl methyl sites for hydroxylation is 3. The van der Waals surface area contributed by atoms with Gasteiger partial charge in [0.25, 0.3) is 5.91 Å². The van der Waals surface area contributed by atoms with Crippen LogP contribution in [0.2, 0.25) is 0 Å². The third-order valence-corrected chi connectivity index (χ3v) is 6.70. The Morgan fingerprint density at radius 1 is 1.10 bits per heavy atom. The molecule has 3 heterocycles. The zero-order valence-corrected chi connectivity index (χ0v) is 18.5. The molecule has 1 aliphatic rings. The number of nitrogens with zero attached hydrogens (tertiary/aromatic N) is 3. The van der Waals surface area contributed by atoms with Crippen LogP contribution >= 0.6 is 23.1 Å². The first-order chi connectivity index (χ1) is 14.4. The Bertz CT molecular complexity index is 1110. The number of carbonyl (C=O) groups excluding carboxylic acids is 2. The van der Waals surface area contributed by atoms with E-state index in [0.29, 0.717) is 18.0 Å². The van der Waals surface area contributed by atoms with Crippen molar-refractivity contribution in [1.29, 1.82) is 0 Å². The van der Waals surface area contributed by atoms with Crippen LogP contribution in [0.25, 0.3) is 10.4 Å². The van der Waals surface area contributed by atoms with E-state index in [1.165, 1.54) is 23.1 Å². The van der Waals surface area contributed by atoms with Gasteiger partial charge in [0.1, 0.15) is 11.4 Å². The average Bonchev–Trinajstić information content (AvgIpc) is 3.34. The van der Waals surface area contributed by atoms with E-state index in [-0.39, 0.29) is 11.6 Å². The molecule has 1 aliphatic heterocycles. The van der Waals surface area contributed by atoms with Gasteiger partial charge in [-0.15, -0.1) is 11.3 Å². The first-order valence-corrected chi connectivity index (χ1v) is 11.4. The third-order valence-electron chi connectivity index (χ3n) is 4.63. The summed E-state index contributed by atoms with van der Waals surface area (Å²) in [6.07, 6.45) is 0. The van der Waals surface area contributed by atoms with Gasteiger partial charge in [0.2, 0.25) is 5.56 Å². The molecule has 1 atom stereocenters. The lowest BCUT2D eigenvalue weighted by molar-refractivity contribution is 0.0137. The predicted molar refractivity (Wildman–Crippen MR) is 119 cm³/mol. The molecular weight excluding hydrogens is 418 g/mol. The summed E-state index contributed by atoms with van der Waals surface area (Å²) < 4.78 is 5.62. The number of thiazole rings is 1. The molecule has 0 spiro atoms. The van der Waals surface area contributed by atoms with Gasteiger partial charge in [-0.05, 0) is 38.5 Å². The molecule has 0 saturated carbocycles. The summed E-state index contributed by atoms with van der Waals surface area (Å²) in [5.74, 6) is -0.0755. The topological polar surface area (TPSA) is 72.4 Å². The first kappa shape index (κ1) is 20.6. The smallest absolute Gasteiger partial charge is 0.359 e. The average molecular weight is 440 g/mol. The van der Waals surface area contributed by atoms with Gasteiger partial charge in [0.05, 0.1) is 9.88 Å². The quantitative estimate of drug-likeness (QED) is 0.559. The fourth-order valence-corrected chi connectivity index (χ4v) is 5.19. The number of esters is 1. The van der Waals surface area contributed by atoms with Crippen molar-refractivity contribution in [2.45, 2.75) is 26.3 Å². The van der Waals surface area contributed by atoms with Gasteiger partial charge < -0.3 is 4.74 Å². The van der Waals surface area contributed by atoms with Crippen molar-refractivity contribution in [3.8, 4) is 10.4 Å². The van der Waals surface area contributed by atoms with Gasteiger partial charge in [-0.3, -0.25) is 9.69 Å². The second kappa shape index (κ2) is 8.57. The highest BCUT2D eigenvalue weighted by Gasteiger charge is 2.36. The second-order valence-corrected chi connectivity index (χ2v) is 9.37. The van der Waals surface area contributed by atoms with Gasteiger partial charge in [0, 0.05) is 18.0 Å². The van der Waals surface area contributed by atoms with Crippen molar-refractivity contribution in [2.75, 3.05) is 12.3 Å². The van der Waals surface area contributed by atoms with E-state index >= 15 is 0 Å². The number of thioether (sulfide) groups is 1. The summed E-state index contributed by atoms with van der Waals surface area (Å²) in [7, 11) is 0. The maximum atomic E-state index is 13.4. The highest BCUT2D eigenvalue weighted by atomic mass is 32.2. The molecular formula is C22H21N3O3S2. The van der Waals surface area contributed by atoms with E-state index in [9.17, 15) is 9.59 Å². The Labute approximate surface area is 183 Å². The molecule has 1 fully saturated rings. The van der Waals surface area contributed by atoms with Gasteiger partial charge in [-0.2, -0.15) is 0 Å². The molecule has 1 saturated heterocycles. The van der Waals surface area contributed by atoms with Gasteiger partial charge >= 0.3 is 5.97 Å². The van der Waals surface area contributed by atoms with E-state index < -0.39 is 11.5 Å². The maximum Gasteiger partial charge on any atom is 0.359 e. The molecule has 154 valence electrons. The minimum Gasteiger partial charge on any atom is -0.427 e. The minimum absolute atomic E-state index is 0.226. The zero-order valence-electron chi connectivity index (χ0n) is 16.9. The van der Waals surface area contributed by atoms with E-state index in [1.54, 1.807) is 17.0 Å². The van der Waals surface area contributed by atoms with Crippen LogP contribution in [0.1, 0.15) is 37.2 Å². The van der Waals surface area contributed by atoms with Crippen molar-refractivity contribution >= 4 is 35.0 Å². The lowest BCUT2D eigenvalue weighted by Gasteiger charge is -2.23. The number of aromatic nitrogens is 2. The van der Waals surface area contributed by atoms with Gasteiger partial charge in [0.15, 0.2) is 0 Å². The number of amides is 1. The third kappa shape index (κ3) is 4.24. The number of rotatable bonds is 4. The van der Waals surface area contributed by atoms with Crippen LogP contribution in [0.15, 0.2) is 42.5 Å². The lowest BCUT2D eigenvalue weighted by Crippen LogP contribution is -2.38. The van der Waals surface area contributed by atoms with Crippen LogP contribution in [0.3, 0.4) is 0 Å². The van der Waals surface area contributed by atoms with Crippen LogP contribution in [0.5, 0.6) is 0 Å². The molecule has 30 heavy (non-hydrogen) atoms. The van der Waals surface area contributed by atoms with E-state index in [0.717, 1.165) is 26.7 Å². The van der Waals surface area contributed by atoms with Crippen molar-refractivity contribution in [1.82, 2.24) is 14.9 Å². The first-order valence-electron chi connectivity index (χ1n) is 9.54. The van der Waals surface area contributed by atoms with E-state index in [1.807, 2.05) is 51.1 Å². The molecule has 0 aliphatic carbocycles. The lowest BCUT2D eigenvalue weighted by atomic mass is 10.1. The molecule has 1 aromatic carbocycles. The normalized spacial score (nSPS) is 16.0. The van der Waals surface area contributed by atoms with Crippen LogP contribution in [0.4, 0.5) is 0 Å². The SMILES string of the molecule is Cc1cccc(-c2sc(C)nc2C(=O)N2CCSC2OC(=O)c2cccc(C)n2)c1. The molecule has 0 bridgehead atoms. The molecule has 8 heteroatoms. The summed E-state index contributed by atoms with van der Waals surface area (Å²) in [5, 5.41) is 0.819. The highest BCUT2D eigenvalue weighted by Crippen LogP contribution is 2.34. The number of ether oxygens (including phenoxy) is 1. The fourth-order valence-electron chi connectivity index (χ4n) is 3.24. The summed E-state index contributed by atoms with van der Waals surface area (Å²) in [4.78, 5) is 37.0. The number of hydrogen-bond donors (Lipinski definition) is 0. The summed E-state index contributed by atoms with van der Waals surface area (Å²) in [6.45, 7) is 6.21. The van der Waals surface area contributed by atoms with Crippen LogP contribution in [-0.4, -0.2) is 44.6 Å². The molecule has 1 amide bonds. The van der Waals surface area contributed by atoms with Crippen molar-refractivity contribution in [3.63, 3.8) is 0 Å². The molecule has 6 nitrogen and oxygen atoms in total. The maximum absolute atomic E-state index is 13.4. The molecule has 0 radical (unpaired) electrons. The van der Waals surface area contributed by atoms with E-state index in [2.05, 4.69) is 9.97 Å². The monoisotopic (exact) mass is 439 g/mol. The summed E-state index contributed by atoms with van der Waals surface area (Å²) in [6, 6.07) is 13.2. The largest absolute Gasteiger partial charge is 0.427 e. The van der Waals surface area contributed by atoms with E-state index in [4.69, 9.17) is 4.74 Å². The Kier molecular flexibility index (Phi) is 5.87. The second-order valence-electron chi connectivity index (χ2n) is 7.03. The van der Waals surface area contributed by atoms with Crippen LogP contribution in [-0.2, 0) is 4.74 Å². The Morgan fingerprint density at radius 2 is 1.90 bits per heavy atom. The summed E-state index contributed by atoms with van der Waals surface area (Å²) >= 11 is 2.92. The van der Waals surface area contributed by atoms with Crippen molar-refractivity contribution in [2.24, 2.45) is 0 Å². The number of hydrogen-bond acceptors (Lipinski definition) is 7. The highest BCUT2D eigenvalue weighted by molar-refractivity contribution is 8.00. The van der Waals surface area contributed by atoms with Gasteiger partial charge in [-0.1, -0.05) is 47.7 Å². The van der Waals surface area contributed by atoms with Crippen LogP contribution < -0.4 is 0 Å². The molecule has 3 aromatic rings. The Balaban J connectivity index is 1.58. The summed E-state index contributed by atoms with van der Waals surface area (Å²) in [5.41, 5.74) is 2.76. The molecule has 4 rings (SSSR count). The molecule has 1 unspecified atom stereocenters. The minimum atomic E-state index is -0.695. The van der Waals surface area contributed by atoms with Crippen LogP contribution in [0, 0.1) is 20.8 Å². The Morgan fingerprint density at radius 3 is 2.67 bits per heavy atom. The molecule has 0 N–H and O–H groups in total. The number of pyridine rings is 1. The Hall–Kier alpha value is -2.71. The molecule has 2 aromatic heterocycles. The number of carbonyl (C=O) groups is 2. The van der Waals surface area contributed by atoms with Crippen molar-refractivity contribution < 1.29 is 14.3 Å². The number of benzene rings is 1.